The molecular weight excluding hydrogens is 408 g/mol. The lowest BCUT2D eigenvalue weighted by Gasteiger charge is -2.44. The minimum Gasteiger partial charge on any atom is -0.478 e. The fourth-order valence-corrected chi connectivity index (χ4v) is 4.29. The summed E-state index contributed by atoms with van der Waals surface area (Å²) >= 11 is 0. The Balaban J connectivity index is 1.81. The summed E-state index contributed by atoms with van der Waals surface area (Å²) < 4.78 is 21.2. The van der Waals surface area contributed by atoms with Crippen molar-refractivity contribution in [3.05, 3.63) is 11.8 Å². The van der Waals surface area contributed by atoms with Crippen molar-refractivity contribution in [2.24, 2.45) is 11.8 Å². The first-order valence-electron chi connectivity index (χ1n) is 9.41. The van der Waals surface area contributed by atoms with E-state index < -0.39 is 79.1 Å². The number of aliphatic hydroxyl groups is 5. The topological polar surface area (TPSA) is 192 Å². The van der Waals surface area contributed by atoms with Crippen LogP contribution in [0.15, 0.2) is 11.8 Å². The number of carbonyl (C=O) groups is 2. The van der Waals surface area contributed by atoms with Gasteiger partial charge in [0.1, 0.15) is 31.0 Å². The zero-order valence-electron chi connectivity index (χ0n) is 16.3. The fourth-order valence-electron chi connectivity index (χ4n) is 4.29. The molecule has 2 heterocycles. The van der Waals surface area contributed by atoms with E-state index in [1.54, 1.807) is 0 Å². The SMILES string of the molecule is CC(=O)OC[C@H]1O[C@@H](O[C@@H]2OC=C(C(=O)O)[C@@H]3[C@H]2[C@@](C)(O)C[C@H]3O)[C@H](O)[C@@H](O)[C@@H]1O. The van der Waals surface area contributed by atoms with Crippen LogP contribution >= 0.6 is 0 Å². The second-order valence-corrected chi connectivity index (χ2v) is 8.02. The van der Waals surface area contributed by atoms with Crippen LogP contribution in [-0.4, -0.2) is 97.9 Å². The maximum atomic E-state index is 11.5. The molecule has 0 spiro atoms. The van der Waals surface area contributed by atoms with Gasteiger partial charge in [-0.25, -0.2) is 4.79 Å². The predicted molar refractivity (Wildman–Crippen MR) is 93.2 cm³/mol. The Morgan fingerprint density at radius 3 is 2.43 bits per heavy atom. The predicted octanol–water partition coefficient (Wildman–Crippen LogP) is -2.55. The zero-order valence-corrected chi connectivity index (χ0v) is 16.3. The molecule has 3 aliphatic rings. The third-order valence-corrected chi connectivity index (χ3v) is 5.76. The molecule has 6 N–H and O–H groups in total. The maximum Gasteiger partial charge on any atom is 0.335 e. The molecule has 1 saturated heterocycles. The van der Waals surface area contributed by atoms with Crippen molar-refractivity contribution in [1.29, 1.82) is 0 Å². The van der Waals surface area contributed by atoms with Crippen molar-refractivity contribution < 1.29 is 59.2 Å². The van der Waals surface area contributed by atoms with Crippen LogP contribution in [0.3, 0.4) is 0 Å². The molecule has 12 nitrogen and oxygen atoms in total. The molecule has 170 valence electrons. The maximum absolute atomic E-state index is 11.5. The number of carboxylic acid groups (broad SMARTS) is 1. The molecule has 1 aliphatic carbocycles. The first-order valence-corrected chi connectivity index (χ1v) is 9.41. The van der Waals surface area contributed by atoms with E-state index in [0.29, 0.717) is 0 Å². The van der Waals surface area contributed by atoms with Crippen LogP contribution in [0.4, 0.5) is 0 Å². The lowest BCUT2D eigenvalue weighted by Crippen LogP contribution is -2.61. The van der Waals surface area contributed by atoms with Gasteiger partial charge in [0.25, 0.3) is 0 Å². The van der Waals surface area contributed by atoms with Crippen LogP contribution in [0.1, 0.15) is 20.3 Å². The Kier molecular flexibility index (Phi) is 6.39. The van der Waals surface area contributed by atoms with Crippen LogP contribution in [0.2, 0.25) is 0 Å². The Bertz CT molecular complexity index is 705. The van der Waals surface area contributed by atoms with Crippen molar-refractivity contribution in [2.45, 2.75) is 69.0 Å². The smallest absolute Gasteiger partial charge is 0.335 e. The number of fused-ring (bicyclic) bond motifs is 1. The highest BCUT2D eigenvalue weighted by Gasteiger charge is 2.59. The monoisotopic (exact) mass is 434 g/mol. The summed E-state index contributed by atoms with van der Waals surface area (Å²) in [6.07, 6.45) is -9.56. The average molecular weight is 434 g/mol. The number of carboxylic acids is 1. The van der Waals surface area contributed by atoms with Gasteiger partial charge in [0, 0.05) is 19.3 Å². The highest BCUT2D eigenvalue weighted by molar-refractivity contribution is 5.87. The van der Waals surface area contributed by atoms with Crippen molar-refractivity contribution in [2.75, 3.05) is 6.61 Å². The van der Waals surface area contributed by atoms with Gasteiger partial charge < -0.3 is 49.6 Å². The number of aliphatic hydroxyl groups excluding tert-OH is 4. The third kappa shape index (κ3) is 4.17. The summed E-state index contributed by atoms with van der Waals surface area (Å²) in [5.41, 5.74) is -1.81. The molecule has 0 aromatic heterocycles. The first kappa shape index (κ1) is 22.9. The molecule has 0 amide bonds. The molecule has 1 saturated carbocycles. The molecular formula is C18H26O12. The standard InChI is InChI=1S/C18H26O12/c1-6(19)27-5-9-12(21)13(22)14(23)17(29-9)30-16-11-10(7(4-28-16)15(24)25)8(20)3-18(11,2)26/h4,8-14,16-17,20-23,26H,3,5H2,1-2H3,(H,24,25)/t8-,9-,10+,11-,12-,13+,14-,16+,17+,18+/m1/s1. The molecule has 10 atom stereocenters. The summed E-state index contributed by atoms with van der Waals surface area (Å²) in [5.74, 6) is -4.02. The van der Waals surface area contributed by atoms with Crippen LogP contribution in [0.25, 0.3) is 0 Å². The average Bonchev–Trinajstić information content (AvgIpc) is 2.90. The van der Waals surface area contributed by atoms with Gasteiger partial charge >= 0.3 is 11.9 Å². The number of esters is 1. The Hall–Kier alpha value is -1.80. The van der Waals surface area contributed by atoms with Gasteiger partial charge in [-0.1, -0.05) is 0 Å². The minimum atomic E-state index is -1.73. The van der Waals surface area contributed by atoms with Crippen molar-refractivity contribution >= 4 is 11.9 Å². The fraction of sp³-hybridized carbons (Fsp3) is 0.778. The molecule has 12 heteroatoms. The number of rotatable bonds is 5. The van der Waals surface area contributed by atoms with E-state index in [-0.39, 0.29) is 12.0 Å². The van der Waals surface area contributed by atoms with Crippen LogP contribution in [-0.2, 0) is 28.5 Å². The molecule has 2 aliphatic heterocycles. The number of ether oxygens (including phenoxy) is 4. The zero-order chi connectivity index (χ0) is 22.4. The van der Waals surface area contributed by atoms with E-state index in [1.165, 1.54) is 6.92 Å². The molecule has 30 heavy (non-hydrogen) atoms. The molecule has 3 rings (SSSR count). The first-order chi connectivity index (χ1) is 13.9. The van der Waals surface area contributed by atoms with Crippen LogP contribution in [0.5, 0.6) is 0 Å². The number of aliphatic carboxylic acids is 1. The van der Waals surface area contributed by atoms with E-state index in [9.17, 15) is 40.2 Å². The van der Waals surface area contributed by atoms with E-state index in [4.69, 9.17) is 18.9 Å². The van der Waals surface area contributed by atoms with Crippen molar-refractivity contribution in [3.63, 3.8) is 0 Å². The van der Waals surface area contributed by atoms with E-state index >= 15 is 0 Å². The number of hydrogen-bond acceptors (Lipinski definition) is 11. The van der Waals surface area contributed by atoms with Crippen LogP contribution in [0, 0.1) is 11.8 Å². The van der Waals surface area contributed by atoms with Crippen molar-refractivity contribution in [3.8, 4) is 0 Å². The summed E-state index contributed by atoms with van der Waals surface area (Å²) in [7, 11) is 0. The third-order valence-electron chi connectivity index (χ3n) is 5.76. The second-order valence-electron chi connectivity index (χ2n) is 8.02. The largest absolute Gasteiger partial charge is 0.478 e. The highest BCUT2D eigenvalue weighted by atomic mass is 16.8. The number of carbonyl (C=O) groups excluding carboxylic acids is 1. The van der Waals surface area contributed by atoms with Gasteiger partial charge in [-0.05, 0) is 6.92 Å². The van der Waals surface area contributed by atoms with Gasteiger partial charge in [-0.2, -0.15) is 0 Å². The van der Waals surface area contributed by atoms with Gasteiger partial charge in [-0.3, -0.25) is 4.79 Å². The molecule has 0 aromatic rings. The van der Waals surface area contributed by atoms with E-state index in [2.05, 4.69) is 0 Å². The Morgan fingerprint density at radius 2 is 1.83 bits per heavy atom. The Morgan fingerprint density at radius 1 is 1.17 bits per heavy atom. The lowest BCUT2D eigenvalue weighted by atomic mass is 9.81. The molecule has 0 radical (unpaired) electrons. The van der Waals surface area contributed by atoms with Crippen LogP contribution < -0.4 is 0 Å². The lowest BCUT2D eigenvalue weighted by molar-refractivity contribution is -0.346. The summed E-state index contributed by atoms with van der Waals surface area (Å²) in [6.45, 7) is 2.12. The molecule has 0 unspecified atom stereocenters. The van der Waals surface area contributed by atoms with Gasteiger partial charge in [-0.15, -0.1) is 0 Å². The second kappa shape index (κ2) is 8.38. The quantitative estimate of drug-likeness (QED) is 0.248. The normalized spacial score (nSPS) is 45.8. The summed E-state index contributed by atoms with van der Waals surface area (Å²) in [4.78, 5) is 22.5. The summed E-state index contributed by atoms with van der Waals surface area (Å²) in [5, 5.41) is 60.8. The summed E-state index contributed by atoms with van der Waals surface area (Å²) in [6, 6.07) is 0. The molecule has 2 fully saturated rings. The van der Waals surface area contributed by atoms with Crippen molar-refractivity contribution in [1.82, 2.24) is 0 Å². The Labute approximate surface area is 171 Å². The molecule has 0 aromatic carbocycles. The van der Waals surface area contributed by atoms with Gasteiger partial charge in [0.2, 0.25) is 6.29 Å². The van der Waals surface area contributed by atoms with Gasteiger partial charge in [0.15, 0.2) is 6.29 Å². The molecule has 0 bridgehead atoms. The van der Waals surface area contributed by atoms with E-state index in [0.717, 1.165) is 13.2 Å². The van der Waals surface area contributed by atoms with E-state index in [1.807, 2.05) is 0 Å². The van der Waals surface area contributed by atoms with Gasteiger partial charge in [0.05, 0.1) is 29.5 Å². The number of hydrogen-bond donors (Lipinski definition) is 6. The highest BCUT2D eigenvalue weighted by Crippen LogP contribution is 2.49. The minimum absolute atomic E-state index is 0.138.